The first-order valence-electron chi connectivity index (χ1n) is 11.4. The van der Waals surface area contributed by atoms with Crippen LogP contribution in [0.4, 0.5) is 4.79 Å². The molecule has 0 bridgehead atoms. The number of para-hydroxylation sites is 1. The highest BCUT2D eigenvalue weighted by Crippen LogP contribution is 2.37. The number of fused-ring (bicyclic) bond motifs is 1. The molecule has 1 aromatic heterocycles. The van der Waals surface area contributed by atoms with E-state index in [4.69, 9.17) is 4.74 Å². The first kappa shape index (κ1) is 26.7. The zero-order valence-corrected chi connectivity index (χ0v) is 21.8. The number of aromatic nitrogens is 1. The average molecular weight is 460 g/mol. The Morgan fingerprint density at radius 3 is 2.18 bits per heavy atom. The van der Waals surface area contributed by atoms with Gasteiger partial charge in [0.05, 0.1) is 12.6 Å². The van der Waals surface area contributed by atoms with E-state index in [-0.39, 0.29) is 17.9 Å². The van der Waals surface area contributed by atoms with Gasteiger partial charge in [-0.05, 0) is 37.8 Å². The van der Waals surface area contributed by atoms with E-state index >= 15 is 0 Å². The van der Waals surface area contributed by atoms with E-state index in [0.29, 0.717) is 0 Å². The van der Waals surface area contributed by atoms with Gasteiger partial charge in [0.15, 0.2) is 0 Å². The number of hydrogen-bond acceptors (Lipinski definition) is 4. The topological polar surface area (TPSA) is 83.8 Å². The van der Waals surface area contributed by atoms with Gasteiger partial charge in [0.2, 0.25) is 5.91 Å². The number of aryl methyl sites for hydroxylation is 1. The van der Waals surface area contributed by atoms with Crippen LogP contribution in [0, 0.1) is 5.41 Å². The van der Waals surface area contributed by atoms with Gasteiger partial charge < -0.3 is 19.7 Å². The van der Waals surface area contributed by atoms with Gasteiger partial charge in [-0.3, -0.25) is 9.69 Å². The van der Waals surface area contributed by atoms with E-state index in [1.165, 1.54) is 4.90 Å². The van der Waals surface area contributed by atoms with Crippen molar-refractivity contribution in [2.24, 2.45) is 12.5 Å². The van der Waals surface area contributed by atoms with Crippen LogP contribution in [0.1, 0.15) is 61.0 Å². The smallest absolute Gasteiger partial charge is 0.410 e. The first-order valence-corrected chi connectivity index (χ1v) is 11.4. The maximum absolute atomic E-state index is 13.8. The van der Waals surface area contributed by atoms with Crippen molar-refractivity contribution in [3.63, 3.8) is 0 Å². The van der Waals surface area contributed by atoms with Gasteiger partial charge in [-0.1, -0.05) is 52.8 Å². The summed E-state index contributed by atoms with van der Waals surface area (Å²) in [5, 5.41) is 13.9. The molecule has 2 aromatic rings. The van der Waals surface area contributed by atoms with E-state index in [0.717, 1.165) is 16.5 Å². The molecule has 2 atom stereocenters. The second-order valence-corrected chi connectivity index (χ2v) is 11.5. The van der Waals surface area contributed by atoms with Gasteiger partial charge in [-0.25, -0.2) is 4.79 Å². The lowest BCUT2D eigenvalue weighted by atomic mass is 9.76. The molecule has 0 spiro atoms. The summed E-state index contributed by atoms with van der Waals surface area (Å²) in [6.45, 7) is 15.0. The molecule has 0 saturated carbocycles. The average Bonchev–Trinajstić information content (AvgIpc) is 3.01. The van der Waals surface area contributed by atoms with Crippen molar-refractivity contribution in [1.29, 1.82) is 0 Å². The van der Waals surface area contributed by atoms with Crippen molar-refractivity contribution < 1.29 is 19.4 Å². The molecule has 0 radical (unpaired) electrons. The lowest BCUT2D eigenvalue weighted by Gasteiger charge is -2.41. The molecule has 0 aliphatic carbocycles. The van der Waals surface area contributed by atoms with Crippen molar-refractivity contribution >= 4 is 22.9 Å². The Kier molecular flexibility index (Phi) is 7.59. The molecule has 0 aliphatic rings. The number of aliphatic hydroxyl groups excluding tert-OH is 1. The summed E-state index contributed by atoms with van der Waals surface area (Å²) in [4.78, 5) is 28.2. The van der Waals surface area contributed by atoms with E-state index in [2.05, 4.69) is 5.32 Å². The lowest BCUT2D eigenvalue weighted by molar-refractivity contribution is -0.130. The zero-order valence-electron chi connectivity index (χ0n) is 21.8. The van der Waals surface area contributed by atoms with Gasteiger partial charge in [-0.15, -0.1) is 0 Å². The number of amides is 2. The van der Waals surface area contributed by atoms with Crippen LogP contribution in [-0.2, 0) is 22.0 Å². The third kappa shape index (κ3) is 5.88. The van der Waals surface area contributed by atoms with Gasteiger partial charge in [-0.2, -0.15) is 0 Å². The number of likely N-dealkylation sites (N-methyl/N-ethyl adjacent to an activating group) is 1. The molecule has 0 fully saturated rings. The quantitative estimate of drug-likeness (QED) is 0.678. The minimum atomic E-state index is -0.880. The van der Waals surface area contributed by atoms with E-state index < -0.39 is 29.2 Å². The normalized spacial score (nSPS) is 14.6. The van der Waals surface area contributed by atoms with Crippen LogP contribution in [-0.4, -0.2) is 57.9 Å². The number of carbonyl (C=O) groups is 2. The Morgan fingerprint density at radius 1 is 1.09 bits per heavy atom. The molecule has 2 rings (SSSR count). The highest BCUT2D eigenvalue weighted by molar-refractivity contribution is 5.91. The minimum absolute atomic E-state index is 0.202. The van der Waals surface area contributed by atoms with Crippen LogP contribution in [0.2, 0.25) is 0 Å². The summed E-state index contributed by atoms with van der Waals surface area (Å²) in [7, 11) is 3.56. The fourth-order valence-electron chi connectivity index (χ4n) is 4.22. The number of nitrogens with zero attached hydrogens (tertiary/aromatic N) is 2. The number of carbonyl (C=O) groups excluding carboxylic acids is 2. The summed E-state index contributed by atoms with van der Waals surface area (Å²) in [6, 6.07) is 6.66. The van der Waals surface area contributed by atoms with Gasteiger partial charge in [0.1, 0.15) is 11.6 Å². The number of rotatable bonds is 6. The molecule has 7 heteroatoms. The van der Waals surface area contributed by atoms with Crippen LogP contribution < -0.4 is 5.32 Å². The molecule has 0 aliphatic heterocycles. The molecule has 1 heterocycles. The van der Waals surface area contributed by atoms with Crippen LogP contribution in [0.15, 0.2) is 30.5 Å². The van der Waals surface area contributed by atoms with Gasteiger partial charge in [0.25, 0.3) is 0 Å². The number of nitrogens with one attached hydrogen (secondary N) is 1. The second kappa shape index (κ2) is 9.37. The van der Waals surface area contributed by atoms with Crippen LogP contribution in [0.25, 0.3) is 10.9 Å². The molecule has 33 heavy (non-hydrogen) atoms. The molecule has 2 unspecified atom stereocenters. The molecule has 2 N–H and O–H groups in total. The monoisotopic (exact) mass is 459 g/mol. The standard InChI is InChI=1S/C26H41N3O4/c1-24(2,3)20(16-30)27-22(31)21(29(10)23(32)33-25(4,5)6)26(7,8)18-15-28(9)19-14-12-11-13-17(18)19/h11-15,20-21,30H,16H2,1-10H3,(H,27,31). The Balaban J connectivity index is 2.59. The summed E-state index contributed by atoms with van der Waals surface area (Å²) < 4.78 is 7.63. The number of benzene rings is 1. The van der Waals surface area contributed by atoms with Crippen molar-refractivity contribution in [2.75, 3.05) is 13.7 Å². The highest BCUT2D eigenvalue weighted by atomic mass is 16.6. The Morgan fingerprint density at radius 2 is 1.67 bits per heavy atom. The summed E-state index contributed by atoms with van der Waals surface area (Å²) in [6.07, 6.45) is 1.44. The SMILES string of the molecule is CN(C(=O)OC(C)(C)C)C(C(=O)NC(CO)C(C)(C)C)C(C)(C)c1cn(C)c2ccccc12. The Labute approximate surface area is 198 Å². The maximum Gasteiger partial charge on any atom is 0.410 e. The maximum atomic E-state index is 13.8. The van der Waals surface area contributed by atoms with Crippen LogP contribution in [0.3, 0.4) is 0 Å². The lowest BCUT2D eigenvalue weighted by Crippen LogP contribution is -2.60. The molecule has 0 saturated heterocycles. The van der Waals surface area contributed by atoms with E-state index in [9.17, 15) is 14.7 Å². The molecule has 7 nitrogen and oxygen atoms in total. The number of aliphatic hydroxyl groups is 1. The molecule has 2 amide bonds. The summed E-state index contributed by atoms with van der Waals surface area (Å²) in [5.74, 6) is -0.338. The number of ether oxygens (including phenoxy) is 1. The minimum Gasteiger partial charge on any atom is -0.444 e. The predicted octanol–water partition coefficient (Wildman–Crippen LogP) is 4.21. The summed E-state index contributed by atoms with van der Waals surface area (Å²) >= 11 is 0. The van der Waals surface area contributed by atoms with Crippen molar-refractivity contribution in [1.82, 2.24) is 14.8 Å². The Bertz CT molecular complexity index is 995. The fraction of sp³-hybridized carbons (Fsp3) is 0.615. The third-order valence-electron chi connectivity index (χ3n) is 6.14. The predicted molar refractivity (Wildman–Crippen MR) is 132 cm³/mol. The van der Waals surface area contributed by atoms with Crippen molar-refractivity contribution in [3.8, 4) is 0 Å². The summed E-state index contributed by atoms with van der Waals surface area (Å²) in [5.41, 5.74) is 0.169. The number of hydrogen-bond donors (Lipinski definition) is 2. The highest BCUT2D eigenvalue weighted by Gasteiger charge is 2.45. The molecule has 184 valence electrons. The third-order valence-corrected chi connectivity index (χ3v) is 6.14. The molecule has 1 aromatic carbocycles. The molecular weight excluding hydrogens is 418 g/mol. The van der Waals surface area contributed by atoms with Crippen LogP contribution in [0.5, 0.6) is 0 Å². The van der Waals surface area contributed by atoms with E-state index in [1.54, 1.807) is 27.8 Å². The largest absolute Gasteiger partial charge is 0.444 e. The van der Waals surface area contributed by atoms with Crippen molar-refractivity contribution in [2.45, 2.75) is 78.5 Å². The second-order valence-electron chi connectivity index (χ2n) is 11.5. The first-order chi connectivity index (χ1) is 15.0. The zero-order chi connectivity index (χ0) is 25.4. The van der Waals surface area contributed by atoms with Crippen molar-refractivity contribution in [3.05, 3.63) is 36.0 Å². The Hall–Kier alpha value is -2.54. The van der Waals surface area contributed by atoms with E-state index in [1.807, 2.05) is 76.7 Å². The molecular formula is C26H41N3O4. The van der Waals surface area contributed by atoms with Gasteiger partial charge >= 0.3 is 6.09 Å². The fourth-order valence-corrected chi connectivity index (χ4v) is 4.22. The van der Waals surface area contributed by atoms with Gasteiger partial charge in [0, 0.05) is 36.6 Å². The van der Waals surface area contributed by atoms with Crippen LogP contribution >= 0.6 is 0 Å².